The number of thioether (sulfide) groups is 1. The Morgan fingerprint density at radius 1 is 1.16 bits per heavy atom. The monoisotopic (exact) mass is 528 g/mol. The maximum atomic E-state index is 15.4. The third kappa shape index (κ3) is 3.82. The molecule has 2 aromatic carbocycles. The molecule has 3 atom stereocenters. The molecule has 2 aliphatic rings. The first-order chi connectivity index (χ1) is 15.2. The summed E-state index contributed by atoms with van der Waals surface area (Å²) in [5.41, 5.74) is -0.241. The van der Waals surface area contributed by atoms with Gasteiger partial charge in [-0.05, 0) is 49.2 Å². The molecule has 1 saturated heterocycles. The van der Waals surface area contributed by atoms with Crippen molar-refractivity contribution in [1.82, 2.24) is 5.32 Å². The first-order valence-electron chi connectivity index (χ1n) is 10.1. The van der Waals surface area contributed by atoms with E-state index < -0.39 is 27.9 Å². The number of ether oxygens (including phenoxy) is 2. The summed E-state index contributed by atoms with van der Waals surface area (Å²) in [6.45, 7) is 2.11. The molecule has 2 aromatic rings. The minimum atomic E-state index is -3.01. The van der Waals surface area contributed by atoms with Crippen LogP contribution in [0.15, 0.2) is 51.9 Å². The van der Waals surface area contributed by atoms with Crippen molar-refractivity contribution in [2.75, 3.05) is 20.8 Å². The Labute approximate surface area is 198 Å². The molecule has 0 bridgehead atoms. The lowest BCUT2D eigenvalue weighted by Crippen LogP contribution is -2.51. The molecule has 1 N–H and O–H groups in total. The molecule has 0 spiro atoms. The summed E-state index contributed by atoms with van der Waals surface area (Å²) in [5, 5.41) is 3.53. The number of fused-ring (bicyclic) bond motifs is 1. The first-order valence-corrected chi connectivity index (χ1v) is 11.8. The SMILES string of the molecule is COCC[C@]12SC(=NCc3ccc(OC)cc3)N[C@](C)(c3cc(Br)ccc3F)[C@@H]1C2(F)F. The van der Waals surface area contributed by atoms with Gasteiger partial charge in [-0.1, -0.05) is 39.8 Å². The van der Waals surface area contributed by atoms with Crippen LogP contribution in [0.2, 0.25) is 0 Å². The number of aliphatic imine (C=N–C) groups is 1. The van der Waals surface area contributed by atoms with Gasteiger partial charge >= 0.3 is 0 Å². The van der Waals surface area contributed by atoms with Crippen LogP contribution in [0.3, 0.4) is 0 Å². The minimum Gasteiger partial charge on any atom is -0.497 e. The first kappa shape index (κ1) is 23.4. The van der Waals surface area contributed by atoms with E-state index in [1.807, 2.05) is 24.3 Å². The fourth-order valence-electron chi connectivity index (χ4n) is 4.58. The minimum absolute atomic E-state index is 0.139. The molecule has 4 nitrogen and oxygen atoms in total. The van der Waals surface area contributed by atoms with Crippen LogP contribution in [-0.4, -0.2) is 36.7 Å². The second-order valence-corrected chi connectivity index (χ2v) is 10.4. The van der Waals surface area contributed by atoms with Gasteiger partial charge in [0.2, 0.25) is 0 Å². The average Bonchev–Trinajstić information content (AvgIpc) is 3.28. The van der Waals surface area contributed by atoms with E-state index in [0.29, 0.717) is 16.2 Å². The second kappa shape index (κ2) is 8.57. The fraction of sp³-hybridized carbons (Fsp3) is 0.435. The van der Waals surface area contributed by atoms with Gasteiger partial charge < -0.3 is 14.8 Å². The third-order valence-electron chi connectivity index (χ3n) is 6.26. The molecule has 32 heavy (non-hydrogen) atoms. The number of nitrogens with one attached hydrogen (secondary N) is 1. The van der Waals surface area contributed by atoms with E-state index in [0.717, 1.165) is 23.1 Å². The summed E-state index contributed by atoms with van der Waals surface area (Å²) in [5.74, 6) is -3.92. The van der Waals surface area contributed by atoms with E-state index in [1.54, 1.807) is 26.2 Å². The Kier molecular flexibility index (Phi) is 6.28. The Balaban J connectivity index is 1.72. The molecule has 1 aliphatic heterocycles. The van der Waals surface area contributed by atoms with Crippen molar-refractivity contribution in [2.45, 2.75) is 36.1 Å². The molecule has 1 aliphatic carbocycles. The maximum Gasteiger partial charge on any atom is 0.270 e. The van der Waals surface area contributed by atoms with Gasteiger partial charge in [0.1, 0.15) is 16.3 Å². The summed E-state index contributed by atoms with van der Waals surface area (Å²) in [4.78, 5) is 4.60. The standard InChI is InChI=1S/C23H24BrF3N2O2S/c1-21(17-12-15(24)6-9-18(17)25)19-22(10-11-30-2,23(19,26)27)32-20(29-21)28-13-14-4-7-16(31-3)8-5-14/h4-9,12,19H,10-11,13H2,1-3H3,(H,28,29)/t19-,21+,22-/m0/s1. The zero-order chi connectivity index (χ0) is 23.1. The molecule has 1 heterocycles. The highest BCUT2D eigenvalue weighted by Crippen LogP contribution is 2.75. The lowest BCUT2D eigenvalue weighted by molar-refractivity contribution is 0.0681. The van der Waals surface area contributed by atoms with Gasteiger partial charge in [-0.2, -0.15) is 0 Å². The van der Waals surface area contributed by atoms with E-state index in [2.05, 4.69) is 26.2 Å². The van der Waals surface area contributed by atoms with Gasteiger partial charge in [0.05, 0.1) is 25.1 Å². The number of halogens is 4. The van der Waals surface area contributed by atoms with Gasteiger partial charge in [0.15, 0.2) is 5.17 Å². The summed E-state index contributed by atoms with van der Waals surface area (Å²) in [7, 11) is 3.08. The molecule has 1 saturated carbocycles. The number of hydrogen-bond donors (Lipinski definition) is 1. The number of nitrogens with zero attached hydrogens (tertiary/aromatic N) is 1. The van der Waals surface area contributed by atoms with Gasteiger partial charge in [-0.15, -0.1) is 0 Å². The molecule has 0 amide bonds. The molecule has 9 heteroatoms. The van der Waals surface area contributed by atoms with Crippen LogP contribution >= 0.6 is 27.7 Å². The lowest BCUT2D eigenvalue weighted by atomic mass is 9.84. The Bertz CT molecular complexity index is 1040. The predicted molar refractivity (Wildman–Crippen MR) is 124 cm³/mol. The van der Waals surface area contributed by atoms with Crippen molar-refractivity contribution in [3.05, 3.63) is 63.9 Å². The lowest BCUT2D eigenvalue weighted by Gasteiger charge is -2.38. The van der Waals surface area contributed by atoms with Crippen molar-refractivity contribution in [2.24, 2.45) is 10.9 Å². The van der Waals surface area contributed by atoms with Crippen LogP contribution < -0.4 is 10.1 Å². The average molecular weight is 529 g/mol. The van der Waals surface area contributed by atoms with Gasteiger partial charge in [0.25, 0.3) is 5.92 Å². The van der Waals surface area contributed by atoms with E-state index in [4.69, 9.17) is 9.47 Å². The molecular formula is C23H24BrF3N2O2S. The molecule has 2 fully saturated rings. The van der Waals surface area contributed by atoms with Crippen LogP contribution in [0.1, 0.15) is 24.5 Å². The molecule has 0 unspecified atom stereocenters. The van der Waals surface area contributed by atoms with Crippen molar-refractivity contribution in [1.29, 1.82) is 0 Å². The van der Waals surface area contributed by atoms with Crippen LogP contribution in [0.4, 0.5) is 13.2 Å². The normalized spacial score (nSPS) is 29.3. The van der Waals surface area contributed by atoms with Gasteiger partial charge in [0, 0.05) is 23.8 Å². The molecular weight excluding hydrogens is 505 g/mol. The topological polar surface area (TPSA) is 42.9 Å². The van der Waals surface area contributed by atoms with E-state index in [-0.39, 0.29) is 18.6 Å². The van der Waals surface area contributed by atoms with Crippen molar-refractivity contribution in [3.8, 4) is 5.75 Å². The van der Waals surface area contributed by atoms with E-state index >= 15 is 8.78 Å². The van der Waals surface area contributed by atoms with Crippen LogP contribution in [0, 0.1) is 11.7 Å². The van der Waals surface area contributed by atoms with Gasteiger partial charge in [-0.25, -0.2) is 13.2 Å². The summed E-state index contributed by atoms with van der Waals surface area (Å²) < 4.78 is 55.2. The van der Waals surface area contributed by atoms with Crippen molar-refractivity contribution >= 4 is 32.9 Å². The smallest absolute Gasteiger partial charge is 0.270 e. The molecule has 0 aromatic heterocycles. The summed E-state index contributed by atoms with van der Waals surface area (Å²) >= 11 is 4.38. The van der Waals surface area contributed by atoms with E-state index in [9.17, 15) is 4.39 Å². The second-order valence-electron chi connectivity index (χ2n) is 8.21. The Hall–Kier alpha value is -1.71. The number of benzene rings is 2. The van der Waals surface area contributed by atoms with Gasteiger partial charge in [-0.3, -0.25) is 4.99 Å². The molecule has 0 radical (unpaired) electrons. The fourth-order valence-corrected chi connectivity index (χ4v) is 6.56. The molecule has 4 rings (SSSR count). The van der Waals surface area contributed by atoms with Crippen molar-refractivity contribution in [3.63, 3.8) is 0 Å². The highest BCUT2D eigenvalue weighted by atomic mass is 79.9. The quantitative estimate of drug-likeness (QED) is 0.497. The highest BCUT2D eigenvalue weighted by Gasteiger charge is 2.87. The third-order valence-corrected chi connectivity index (χ3v) is 8.26. The van der Waals surface area contributed by atoms with E-state index in [1.165, 1.54) is 13.2 Å². The number of amidine groups is 1. The van der Waals surface area contributed by atoms with Crippen LogP contribution in [-0.2, 0) is 16.8 Å². The van der Waals surface area contributed by atoms with Crippen LogP contribution in [0.5, 0.6) is 5.75 Å². The maximum absolute atomic E-state index is 15.4. The molecule has 172 valence electrons. The Morgan fingerprint density at radius 2 is 1.88 bits per heavy atom. The van der Waals surface area contributed by atoms with Crippen LogP contribution in [0.25, 0.3) is 0 Å². The zero-order valence-corrected chi connectivity index (χ0v) is 20.3. The number of alkyl halides is 2. The zero-order valence-electron chi connectivity index (χ0n) is 17.9. The number of methoxy groups -OCH3 is 2. The predicted octanol–water partition coefficient (Wildman–Crippen LogP) is 5.75. The summed E-state index contributed by atoms with van der Waals surface area (Å²) in [6.07, 6.45) is 0.139. The summed E-state index contributed by atoms with van der Waals surface area (Å²) in [6, 6.07) is 11.8. The largest absolute Gasteiger partial charge is 0.497 e. The highest BCUT2D eigenvalue weighted by molar-refractivity contribution is 9.10. The van der Waals surface area contributed by atoms with Crippen molar-refractivity contribution < 1.29 is 22.6 Å². The Morgan fingerprint density at radius 3 is 2.53 bits per heavy atom. The number of hydrogen-bond acceptors (Lipinski definition) is 4. The number of rotatable bonds is 7.